The van der Waals surface area contributed by atoms with E-state index in [4.69, 9.17) is 5.73 Å². The SMILES string of the molecule is CN1CCCN(Cc2cccc(N)c2F)CC1. The van der Waals surface area contributed by atoms with E-state index in [1.165, 1.54) is 0 Å². The lowest BCUT2D eigenvalue weighted by Crippen LogP contribution is -2.28. The first-order chi connectivity index (χ1) is 8.16. The van der Waals surface area contributed by atoms with Gasteiger partial charge in [-0.1, -0.05) is 12.1 Å². The molecule has 1 fully saturated rings. The number of nitrogens with two attached hydrogens (primary N) is 1. The number of likely N-dealkylation sites (N-methyl/N-ethyl adjacent to an activating group) is 1. The third-order valence-electron chi connectivity index (χ3n) is 3.31. The van der Waals surface area contributed by atoms with Crippen molar-refractivity contribution >= 4 is 5.69 Å². The average Bonchev–Trinajstić information content (AvgIpc) is 2.50. The zero-order valence-electron chi connectivity index (χ0n) is 10.3. The van der Waals surface area contributed by atoms with E-state index in [0.29, 0.717) is 12.1 Å². The largest absolute Gasteiger partial charge is 0.396 e. The fourth-order valence-electron chi connectivity index (χ4n) is 2.22. The molecule has 0 aromatic heterocycles. The number of hydrogen-bond acceptors (Lipinski definition) is 3. The van der Waals surface area contributed by atoms with Crippen molar-refractivity contribution in [3.05, 3.63) is 29.6 Å². The fraction of sp³-hybridized carbons (Fsp3) is 0.538. The molecule has 0 aliphatic carbocycles. The lowest BCUT2D eigenvalue weighted by molar-refractivity contribution is 0.266. The van der Waals surface area contributed by atoms with Gasteiger partial charge in [-0.3, -0.25) is 4.90 Å². The van der Waals surface area contributed by atoms with Crippen molar-refractivity contribution in [3.63, 3.8) is 0 Å². The maximum atomic E-state index is 13.8. The Morgan fingerprint density at radius 2 is 2.06 bits per heavy atom. The van der Waals surface area contributed by atoms with Crippen molar-refractivity contribution in [2.75, 3.05) is 39.0 Å². The van der Waals surface area contributed by atoms with Crippen LogP contribution in [-0.4, -0.2) is 43.0 Å². The zero-order valence-corrected chi connectivity index (χ0v) is 10.3. The first-order valence-corrected chi connectivity index (χ1v) is 6.10. The number of nitrogens with zero attached hydrogens (tertiary/aromatic N) is 2. The van der Waals surface area contributed by atoms with Crippen LogP contribution in [0.25, 0.3) is 0 Å². The molecule has 2 N–H and O–H groups in total. The molecule has 0 amide bonds. The Kier molecular flexibility index (Phi) is 3.97. The molecule has 0 atom stereocenters. The summed E-state index contributed by atoms with van der Waals surface area (Å²) in [5.74, 6) is -0.259. The fourth-order valence-corrected chi connectivity index (χ4v) is 2.22. The molecule has 1 aliphatic rings. The molecule has 0 unspecified atom stereocenters. The van der Waals surface area contributed by atoms with Crippen molar-refractivity contribution in [3.8, 4) is 0 Å². The average molecular weight is 237 g/mol. The van der Waals surface area contributed by atoms with Gasteiger partial charge in [0.15, 0.2) is 5.82 Å². The summed E-state index contributed by atoms with van der Waals surface area (Å²) in [6, 6.07) is 5.24. The lowest BCUT2D eigenvalue weighted by Gasteiger charge is -2.20. The number of nitrogen functional groups attached to an aromatic ring is 1. The van der Waals surface area contributed by atoms with E-state index in [0.717, 1.165) is 32.6 Å². The van der Waals surface area contributed by atoms with Crippen LogP contribution < -0.4 is 5.73 Å². The standard InChI is InChI=1S/C13H20FN3/c1-16-6-3-7-17(9-8-16)10-11-4-2-5-12(15)13(11)14/h2,4-5H,3,6-10,15H2,1H3. The highest BCUT2D eigenvalue weighted by Gasteiger charge is 2.14. The Labute approximate surface area is 102 Å². The van der Waals surface area contributed by atoms with Crippen LogP contribution in [0.3, 0.4) is 0 Å². The van der Waals surface area contributed by atoms with E-state index in [1.54, 1.807) is 6.07 Å². The number of anilines is 1. The van der Waals surface area contributed by atoms with Gasteiger partial charge in [-0.05, 0) is 32.6 Å². The highest BCUT2D eigenvalue weighted by atomic mass is 19.1. The van der Waals surface area contributed by atoms with Crippen LogP contribution >= 0.6 is 0 Å². The number of rotatable bonds is 2. The van der Waals surface area contributed by atoms with Crippen molar-refractivity contribution < 1.29 is 4.39 Å². The van der Waals surface area contributed by atoms with E-state index in [1.807, 2.05) is 12.1 Å². The van der Waals surface area contributed by atoms with Crippen LogP contribution in [0.2, 0.25) is 0 Å². The maximum absolute atomic E-state index is 13.8. The molecule has 0 spiro atoms. The highest BCUT2D eigenvalue weighted by molar-refractivity contribution is 5.42. The quantitative estimate of drug-likeness (QED) is 0.792. The molecule has 0 bridgehead atoms. The van der Waals surface area contributed by atoms with Crippen molar-refractivity contribution in [2.45, 2.75) is 13.0 Å². The molecule has 94 valence electrons. The van der Waals surface area contributed by atoms with Crippen molar-refractivity contribution in [1.82, 2.24) is 9.80 Å². The molecule has 4 heteroatoms. The number of hydrogen-bond donors (Lipinski definition) is 1. The summed E-state index contributed by atoms with van der Waals surface area (Å²) >= 11 is 0. The van der Waals surface area contributed by atoms with Gasteiger partial charge < -0.3 is 10.6 Å². The molecule has 1 saturated heterocycles. The minimum Gasteiger partial charge on any atom is -0.396 e. The summed E-state index contributed by atoms with van der Waals surface area (Å²) in [6.07, 6.45) is 1.14. The molecule has 2 rings (SSSR count). The van der Waals surface area contributed by atoms with Crippen LogP contribution in [0.15, 0.2) is 18.2 Å². The van der Waals surface area contributed by atoms with E-state index in [9.17, 15) is 4.39 Å². The van der Waals surface area contributed by atoms with Gasteiger partial charge in [0.1, 0.15) is 0 Å². The summed E-state index contributed by atoms with van der Waals surface area (Å²) in [7, 11) is 2.13. The van der Waals surface area contributed by atoms with Crippen molar-refractivity contribution in [1.29, 1.82) is 0 Å². The maximum Gasteiger partial charge on any atom is 0.150 e. The lowest BCUT2D eigenvalue weighted by atomic mass is 10.1. The molecule has 0 saturated carbocycles. The van der Waals surface area contributed by atoms with E-state index in [-0.39, 0.29) is 11.5 Å². The molecule has 1 aromatic rings. The van der Waals surface area contributed by atoms with Crippen LogP contribution in [0.1, 0.15) is 12.0 Å². The highest BCUT2D eigenvalue weighted by Crippen LogP contribution is 2.17. The van der Waals surface area contributed by atoms with E-state index >= 15 is 0 Å². The van der Waals surface area contributed by atoms with Gasteiger partial charge >= 0.3 is 0 Å². The topological polar surface area (TPSA) is 32.5 Å². The van der Waals surface area contributed by atoms with Gasteiger partial charge in [0.25, 0.3) is 0 Å². The van der Waals surface area contributed by atoms with E-state index in [2.05, 4.69) is 16.8 Å². The molecule has 3 nitrogen and oxygen atoms in total. The van der Waals surface area contributed by atoms with E-state index < -0.39 is 0 Å². The number of benzene rings is 1. The summed E-state index contributed by atoms with van der Waals surface area (Å²) in [6.45, 7) is 4.84. The summed E-state index contributed by atoms with van der Waals surface area (Å²) in [4.78, 5) is 4.61. The summed E-state index contributed by atoms with van der Waals surface area (Å²) < 4.78 is 13.8. The second-order valence-electron chi connectivity index (χ2n) is 4.75. The second-order valence-corrected chi connectivity index (χ2v) is 4.75. The summed E-state index contributed by atoms with van der Waals surface area (Å²) in [5, 5.41) is 0. The molecule has 1 aromatic carbocycles. The van der Waals surface area contributed by atoms with Gasteiger partial charge in [-0.2, -0.15) is 0 Å². The molecule has 0 radical (unpaired) electrons. The van der Waals surface area contributed by atoms with Crippen LogP contribution in [0, 0.1) is 5.82 Å². The Bertz CT molecular complexity index is 381. The molecular formula is C13H20FN3. The Morgan fingerprint density at radius 1 is 1.24 bits per heavy atom. The third-order valence-corrected chi connectivity index (χ3v) is 3.31. The Morgan fingerprint density at radius 3 is 2.88 bits per heavy atom. The van der Waals surface area contributed by atoms with Crippen LogP contribution in [0.5, 0.6) is 0 Å². The first-order valence-electron chi connectivity index (χ1n) is 6.10. The van der Waals surface area contributed by atoms with Gasteiger partial charge in [-0.25, -0.2) is 4.39 Å². The minimum atomic E-state index is -0.259. The first kappa shape index (κ1) is 12.3. The molecule has 17 heavy (non-hydrogen) atoms. The summed E-state index contributed by atoms with van der Waals surface area (Å²) in [5.41, 5.74) is 6.53. The van der Waals surface area contributed by atoms with Crippen LogP contribution in [-0.2, 0) is 6.54 Å². The van der Waals surface area contributed by atoms with Crippen molar-refractivity contribution in [2.24, 2.45) is 0 Å². The predicted molar refractivity (Wildman–Crippen MR) is 68.2 cm³/mol. The zero-order chi connectivity index (χ0) is 12.3. The molecule has 1 heterocycles. The van der Waals surface area contributed by atoms with Gasteiger partial charge in [0, 0.05) is 25.2 Å². The van der Waals surface area contributed by atoms with Gasteiger partial charge in [0.2, 0.25) is 0 Å². The van der Waals surface area contributed by atoms with Gasteiger partial charge in [0.05, 0.1) is 5.69 Å². The van der Waals surface area contributed by atoms with Gasteiger partial charge in [-0.15, -0.1) is 0 Å². The molecule has 1 aliphatic heterocycles. The van der Waals surface area contributed by atoms with Crippen LogP contribution in [0.4, 0.5) is 10.1 Å². The second kappa shape index (κ2) is 5.47. The minimum absolute atomic E-state index is 0.245. The third kappa shape index (κ3) is 3.17. The monoisotopic (exact) mass is 237 g/mol. The normalized spacial score (nSPS) is 19.2. The Balaban J connectivity index is 2.02. The molecular weight excluding hydrogens is 217 g/mol. The number of halogens is 1. The Hall–Kier alpha value is -1.13. The smallest absolute Gasteiger partial charge is 0.150 e. The predicted octanol–water partition coefficient (Wildman–Crippen LogP) is 1.55.